The van der Waals surface area contributed by atoms with Crippen LogP contribution in [0.25, 0.3) is 0 Å². The zero-order valence-corrected chi connectivity index (χ0v) is 19.3. The zero-order valence-electron chi connectivity index (χ0n) is 16.1. The molecule has 2 saturated heterocycles. The van der Waals surface area contributed by atoms with Crippen LogP contribution in [0.1, 0.15) is 19.3 Å². The molecule has 1 aromatic rings. The van der Waals surface area contributed by atoms with Crippen LogP contribution in [0, 0.1) is 5.92 Å². The maximum Gasteiger partial charge on any atom is 0.193 e. The van der Waals surface area contributed by atoms with E-state index in [2.05, 4.69) is 45.5 Å². The number of ether oxygens (including phenoxy) is 2. The first-order valence-corrected chi connectivity index (χ1v) is 10.7. The molecule has 1 aromatic carbocycles. The van der Waals surface area contributed by atoms with Gasteiger partial charge < -0.3 is 19.7 Å². The minimum absolute atomic E-state index is 0. The number of likely N-dealkylation sites (tertiary alicyclic amines) is 1. The maximum atomic E-state index is 5.72. The minimum Gasteiger partial charge on any atom is -0.377 e. The Morgan fingerprint density at radius 1 is 1.33 bits per heavy atom. The van der Waals surface area contributed by atoms with E-state index in [0.717, 1.165) is 51.0 Å². The highest BCUT2D eigenvalue weighted by molar-refractivity contribution is 14.0. The molecule has 2 heterocycles. The van der Waals surface area contributed by atoms with Crippen molar-refractivity contribution in [3.63, 3.8) is 0 Å². The molecule has 0 saturated carbocycles. The third-order valence-corrected chi connectivity index (χ3v) is 6.13. The fraction of sp³-hybridized carbons (Fsp3) is 0.650. The first-order chi connectivity index (χ1) is 12.8. The molecule has 27 heavy (non-hydrogen) atoms. The second-order valence-electron chi connectivity index (χ2n) is 6.91. The van der Waals surface area contributed by atoms with Crippen molar-refractivity contribution in [1.29, 1.82) is 0 Å². The van der Waals surface area contributed by atoms with E-state index in [1.165, 1.54) is 17.1 Å². The van der Waals surface area contributed by atoms with Crippen LogP contribution >= 0.6 is 35.7 Å². The van der Waals surface area contributed by atoms with Crippen molar-refractivity contribution in [3.8, 4) is 0 Å². The Morgan fingerprint density at radius 3 is 2.93 bits per heavy atom. The third-order valence-electron chi connectivity index (χ3n) is 4.88. The highest BCUT2D eigenvalue weighted by Crippen LogP contribution is 2.25. The Morgan fingerprint density at radius 2 is 2.19 bits per heavy atom. The maximum absolute atomic E-state index is 5.72. The number of rotatable bonds is 8. The molecule has 152 valence electrons. The Bertz CT molecular complexity index is 555. The Hall–Kier alpha value is -0.510. The van der Waals surface area contributed by atoms with E-state index in [4.69, 9.17) is 9.47 Å². The van der Waals surface area contributed by atoms with Gasteiger partial charge >= 0.3 is 0 Å². The second-order valence-corrected chi connectivity index (χ2v) is 8.00. The smallest absolute Gasteiger partial charge is 0.193 e. The van der Waals surface area contributed by atoms with E-state index >= 15 is 0 Å². The number of benzene rings is 1. The predicted octanol–water partition coefficient (Wildman–Crippen LogP) is 3.49. The van der Waals surface area contributed by atoms with Crippen LogP contribution in [-0.2, 0) is 9.47 Å². The van der Waals surface area contributed by atoms with Crippen LogP contribution in [0.2, 0.25) is 0 Å². The topological polar surface area (TPSA) is 46.1 Å². The molecule has 0 bridgehead atoms. The van der Waals surface area contributed by atoms with Gasteiger partial charge in [0.1, 0.15) is 0 Å². The van der Waals surface area contributed by atoms with E-state index in [0.29, 0.717) is 19.3 Å². The lowest BCUT2D eigenvalue weighted by atomic mass is 10.2. The van der Waals surface area contributed by atoms with Crippen molar-refractivity contribution in [3.05, 3.63) is 30.3 Å². The van der Waals surface area contributed by atoms with Crippen LogP contribution in [0.3, 0.4) is 0 Å². The summed E-state index contributed by atoms with van der Waals surface area (Å²) in [6, 6.07) is 10.7. The van der Waals surface area contributed by atoms with Crippen LogP contribution in [0.15, 0.2) is 40.2 Å². The molecule has 0 aliphatic carbocycles. The molecule has 0 amide bonds. The predicted molar refractivity (Wildman–Crippen MR) is 123 cm³/mol. The summed E-state index contributed by atoms with van der Waals surface area (Å²) in [5.41, 5.74) is 0. The van der Waals surface area contributed by atoms with Gasteiger partial charge in [0.25, 0.3) is 0 Å². The molecule has 5 nitrogen and oxygen atoms in total. The van der Waals surface area contributed by atoms with Crippen molar-refractivity contribution in [2.24, 2.45) is 10.9 Å². The highest BCUT2D eigenvalue weighted by Gasteiger charge is 2.24. The number of guanidine groups is 1. The summed E-state index contributed by atoms with van der Waals surface area (Å²) in [5, 5.41) is 3.43. The standard InChI is InChI=1S/C20H31N3O2S.HI/c1-21-20(22-10-13-24-15-18-6-5-12-25-18)23-11-9-17(14-23)16-26-19-7-3-2-4-8-19;/h2-4,7-8,17-18H,5-6,9-16H2,1H3,(H,21,22);1H. The summed E-state index contributed by atoms with van der Waals surface area (Å²) in [4.78, 5) is 8.17. The fourth-order valence-corrected chi connectivity index (χ4v) is 4.50. The Kier molecular flexibility index (Phi) is 10.8. The molecule has 0 spiro atoms. The lowest BCUT2D eigenvalue weighted by Gasteiger charge is -2.22. The average molecular weight is 505 g/mol. The number of aliphatic imine (C=N–C) groups is 1. The van der Waals surface area contributed by atoms with Crippen molar-refractivity contribution >= 4 is 41.7 Å². The number of nitrogens with one attached hydrogen (secondary N) is 1. The number of thioether (sulfide) groups is 1. The number of hydrogen-bond donors (Lipinski definition) is 1. The van der Waals surface area contributed by atoms with Crippen molar-refractivity contribution in [1.82, 2.24) is 10.2 Å². The SMILES string of the molecule is CN=C(NCCOCC1CCCO1)N1CCC(CSc2ccccc2)C1.I. The molecule has 1 N–H and O–H groups in total. The van der Waals surface area contributed by atoms with Crippen molar-refractivity contribution in [2.75, 3.05) is 52.3 Å². The number of halogens is 1. The summed E-state index contributed by atoms with van der Waals surface area (Å²) in [7, 11) is 1.86. The molecule has 7 heteroatoms. The third kappa shape index (κ3) is 7.79. The summed E-state index contributed by atoms with van der Waals surface area (Å²) in [6.45, 7) is 5.24. The summed E-state index contributed by atoms with van der Waals surface area (Å²) >= 11 is 1.96. The molecule has 0 aromatic heterocycles. The van der Waals surface area contributed by atoms with Crippen LogP contribution < -0.4 is 5.32 Å². The van der Waals surface area contributed by atoms with Gasteiger partial charge in [0, 0.05) is 43.9 Å². The van der Waals surface area contributed by atoms with Gasteiger partial charge in [-0.1, -0.05) is 18.2 Å². The largest absolute Gasteiger partial charge is 0.377 e. The second kappa shape index (κ2) is 12.9. The van der Waals surface area contributed by atoms with Gasteiger partial charge in [-0.25, -0.2) is 0 Å². The van der Waals surface area contributed by atoms with Crippen molar-refractivity contribution in [2.45, 2.75) is 30.3 Å². The van der Waals surface area contributed by atoms with Gasteiger partial charge in [-0.15, -0.1) is 35.7 Å². The Labute approximate surface area is 184 Å². The van der Waals surface area contributed by atoms with Crippen molar-refractivity contribution < 1.29 is 9.47 Å². The monoisotopic (exact) mass is 505 g/mol. The molecule has 2 aliphatic rings. The van der Waals surface area contributed by atoms with E-state index in [9.17, 15) is 0 Å². The zero-order chi connectivity index (χ0) is 18.0. The Balaban J connectivity index is 0.00000261. The quantitative estimate of drug-likeness (QED) is 0.193. The van der Waals surface area contributed by atoms with E-state index in [1.54, 1.807) is 0 Å². The van der Waals surface area contributed by atoms with Crippen LogP contribution in [0.5, 0.6) is 0 Å². The van der Waals surface area contributed by atoms with E-state index in [1.807, 2.05) is 18.8 Å². The van der Waals surface area contributed by atoms with Gasteiger partial charge in [0.05, 0.1) is 19.3 Å². The van der Waals surface area contributed by atoms with Gasteiger partial charge in [0.15, 0.2) is 5.96 Å². The number of nitrogens with zero attached hydrogens (tertiary/aromatic N) is 2. The van der Waals surface area contributed by atoms with Gasteiger partial charge in [0.2, 0.25) is 0 Å². The van der Waals surface area contributed by atoms with Gasteiger partial charge in [-0.2, -0.15) is 0 Å². The van der Waals surface area contributed by atoms with Gasteiger partial charge in [-0.05, 0) is 37.3 Å². The first-order valence-electron chi connectivity index (χ1n) is 9.68. The first kappa shape index (κ1) is 22.8. The fourth-order valence-electron chi connectivity index (χ4n) is 3.45. The molecule has 2 fully saturated rings. The lowest BCUT2D eigenvalue weighted by Crippen LogP contribution is -2.41. The normalized spacial score (nSPS) is 22.7. The van der Waals surface area contributed by atoms with Gasteiger partial charge in [-0.3, -0.25) is 4.99 Å². The molecule has 2 unspecified atom stereocenters. The van der Waals surface area contributed by atoms with E-state index < -0.39 is 0 Å². The highest BCUT2D eigenvalue weighted by atomic mass is 127. The molecule has 0 radical (unpaired) electrons. The molecule has 3 rings (SSSR count). The van der Waals surface area contributed by atoms with E-state index in [-0.39, 0.29) is 24.0 Å². The summed E-state index contributed by atoms with van der Waals surface area (Å²) in [6.07, 6.45) is 3.83. The summed E-state index contributed by atoms with van der Waals surface area (Å²) in [5.74, 6) is 2.88. The molecule has 2 aliphatic heterocycles. The summed E-state index contributed by atoms with van der Waals surface area (Å²) < 4.78 is 11.3. The van der Waals surface area contributed by atoms with Crippen LogP contribution in [-0.4, -0.2) is 69.2 Å². The number of hydrogen-bond acceptors (Lipinski definition) is 4. The lowest BCUT2D eigenvalue weighted by molar-refractivity contribution is 0.0190. The average Bonchev–Trinajstić information content (AvgIpc) is 3.36. The van der Waals surface area contributed by atoms with Crippen LogP contribution in [0.4, 0.5) is 0 Å². The molecule has 2 atom stereocenters. The molecular formula is C20H32IN3O2S. The minimum atomic E-state index is 0. The molecular weight excluding hydrogens is 473 g/mol.